The van der Waals surface area contributed by atoms with Crippen molar-refractivity contribution >= 4 is 0 Å². The van der Waals surface area contributed by atoms with Crippen molar-refractivity contribution in [2.24, 2.45) is 0 Å². The lowest BCUT2D eigenvalue weighted by molar-refractivity contribution is 0.107. The zero-order chi connectivity index (χ0) is 10.7. The molecule has 0 spiro atoms. The second-order valence-electron chi connectivity index (χ2n) is 4.04. The number of aromatic nitrogens is 2. The first kappa shape index (κ1) is 10.6. The lowest BCUT2D eigenvalue weighted by atomic mass is 10.2. The summed E-state index contributed by atoms with van der Waals surface area (Å²) >= 11 is 0. The van der Waals surface area contributed by atoms with Crippen molar-refractivity contribution in [3.05, 3.63) is 11.4 Å². The predicted molar refractivity (Wildman–Crippen MR) is 54.3 cm³/mol. The summed E-state index contributed by atoms with van der Waals surface area (Å²) in [6.45, 7) is 2.64. The van der Waals surface area contributed by atoms with Crippen molar-refractivity contribution in [2.75, 3.05) is 7.11 Å². The van der Waals surface area contributed by atoms with Gasteiger partial charge < -0.3 is 10.1 Å². The van der Waals surface area contributed by atoms with Crippen molar-refractivity contribution in [2.45, 2.75) is 44.9 Å². The van der Waals surface area contributed by atoms with Gasteiger partial charge in [-0.05, 0) is 26.2 Å². The number of nitrogens with one attached hydrogen (secondary N) is 1. The fourth-order valence-electron chi connectivity index (χ4n) is 1.99. The molecule has 84 valence electrons. The van der Waals surface area contributed by atoms with Crippen LogP contribution in [0.15, 0.2) is 4.63 Å². The standard InChI is InChI=1S/C10H17N3O2/c1-7-10(13-15-12-7)6-11-8-3-4-9(5-8)14-2/h8-9,11H,3-6H2,1-2H3. The first-order valence-corrected chi connectivity index (χ1v) is 5.34. The summed E-state index contributed by atoms with van der Waals surface area (Å²) in [7, 11) is 1.78. The van der Waals surface area contributed by atoms with Gasteiger partial charge in [0.1, 0.15) is 11.4 Å². The van der Waals surface area contributed by atoms with Gasteiger partial charge in [0.25, 0.3) is 0 Å². The molecule has 0 aromatic carbocycles. The summed E-state index contributed by atoms with van der Waals surface area (Å²) in [6, 6.07) is 0.533. The van der Waals surface area contributed by atoms with Crippen LogP contribution in [0, 0.1) is 6.92 Å². The van der Waals surface area contributed by atoms with E-state index in [1.54, 1.807) is 7.11 Å². The molecule has 15 heavy (non-hydrogen) atoms. The highest BCUT2D eigenvalue weighted by Crippen LogP contribution is 2.21. The third-order valence-corrected chi connectivity index (χ3v) is 3.02. The largest absolute Gasteiger partial charge is 0.381 e. The number of nitrogens with zero attached hydrogens (tertiary/aromatic N) is 2. The maximum atomic E-state index is 5.32. The molecule has 1 fully saturated rings. The minimum Gasteiger partial charge on any atom is -0.381 e. The van der Waals surface area contributed by atoms with Gasteiger partial charge in [0, 0.05) is 19.7 Å². The number of aryl methyl sites for hydroxylation is 1. The first-order chi connectivity index (χ1) is 7.29. The molecule has 1 heterocycles. The highest BCUT2D eigenvalue weighted by atomic mass is 16.6. The molecule has 1 aliphatic rings. The average Bonchev–Trinajstić information content (AvgIpc) is 2.84. The van der Waals surface area contributed by atoms with Gasteiger partial charge >= 0.3 is 0 Å². The molecule has 1 aromatic rings. The molecule has 0 amide bonds. The molecular formula is C10H17N3O2. The van der Waals surface area contributed by atoms with E-state index >= 15 is 0 Å². The summed E-state index contributed by atoms with van der Waals surface area (Å²) in [5, 5.41) is 11.0. The van der Waals surface area contributed by atoms with Crippen molar-refractivity contribution in [1.82, 2.24) is 15.6 Å². The molecule has 2 rings (SSSR count). The first-order valence-electron chi connectivity index (χ1n) is 5.34. The lowest BCUT2D eigenvalue weighted by Crippen LogP contribution is -2.27. The molecular weight excluding hydrogens is 194 g/mol. The van der Waals surface area contributed by atoms with E-state index in [0.29, 0.717) is 12.1 Å². The minimum absolute atomic E-state index is 0.416. The number of ether oxygens (including phenoxy) is 1. The van der Waals surface area contributed by atoms with Crippen LogP contribution in [0.3, 0.4) is 0 Å². The van der Waals surface area contributed by atoms with E-state index in [0.717, 1.165) is 30.8 Å². The van der Waals surface area contributed by atoms with E-state index in [1.165, 1.54) is 6.42 Å². The summed E-state index contributed by atoms with van der Waals surface area (Å²) in [5.74, 6) is 0. The lowest BCUT2D eigenvalue weighted by Gasteiger charge is -2.11. The molecule has 2 atom stereocenters. The SMILES string of the molecule is COC1CCC(NCc2nonc2C)C1. The topological polar surface area (TPSA) is 60.2 Å². The summed E-state index contributed by atoms with van der Waals surface area (Å²) in [6.07, 6.45) is 3.81. The van der Waals surface area contributed by atoms with Crippen LogP contribution in [0.4, 0.5) is 0 Å². The monoisotopic (exact) mass is 211 g/mol. The van der Waals surface area contributed by atoms with Gasteiger partial charge in [0.05, 0.1) is 6.10 Å². The predicted octanol–water partition coefficient (Wildman–Crippen LogP) is 1.04. The highest BCUT2D eigenvalue weighted by molar-refractivity contribution is 5.04. The molecule has 0 radical (unpaired) electrons. The second-order valence-corrected chi connectivity index (χ2v) is 4.04. The molecule has 1 aromatic heterocycles. The summed E-state index contributed by atoms with van der Waals surface area (Å²) in [5.41, 5.74) is 1.76. The number of hydrogen-bond acceptors (Lipinski definition) is 5. The fraction of sp³-hybridized carbons (Fsp3) is 0.800. The zero-order valence-electron chi connectivity index (χ0n) is 9.19. The maximum absolute atomic E-state index is 5.32. The van der Waals surface area contributed by atoms with Crippen molar-refractivity contribution < 1.29 is 9.37 Å². The van der Waals surface area contributed by atoms with Gasteiger partial charge in [-0.15, -0.1) is 0 Å². The van der Waals surface area contributed by atoms with Gasteiger partial charge in [-0.3, -0.25) is 0 Å². The van der Waals surface area contributed by atoms with E-state index < -0.39 is 0 Å². The molecule has 5 nitrogen and oxygen atoms in total. The van der Waals surface area contributed by atoms with Crippen LogP contribution in [-0.2, 0) is 11.3 Å². The molecule has 1 saturated carbocycles. The van der Waals surface area contributed by atoms with Gasteiger partial charge in [-0.2, -0.15) is 0 Å². The van der Waals surface area contributed by atoms with E-state index in [-0.39, 0.29) is 0 Å². The Hall–Kier alpha value is -0.940. The van der Waals surface area contributed by atoms with E-state index in [1.807, 2.05) is 6.92 Å². The molecule has 0 bridgehead atoms. The van der Waals surface area contributed by atoms with Crippen LogP contribution in [0.5, 0.6) is 0 Å². The zero-order valence-corrected chi connectivity index (χ0v) is 9.19. The van der Waals surface area contributed by atoms with Crippen LogP contribution in [0.1, 0.15) is 30.7 Å². The Balaban J connectivity index is 1.77. The summed E-state index contributed by atoms with van der Waals surface area (Å²) in [4.78, 5) is 0. The van der Waals surface area contributed by atoms with Crippen molar-refractivity contribution in [1.29, 1.82) is 0 Å². The van der Waals surface area contributed by atoms with Crippen LogP contribution in [0.25, 0.3) is 0 Å². The molecule has 1 N–H and O–H groups in total. The Morgan fingerprint density at radius 3 is 2.93 bits per heavy atom. The average molecular weight is 211 g/mol. The van der Waals surface area contributed by atoms with Crippen molar-refractivity contribution in [3.63, 3.8) is 0 Å². The van der Waals surface area contributed by atoms with Crippen LogP contribution in [0.2, 0.25) is 0 Å². The van der Waals surface area contributed by atoms with E-state index in [2.05, 4.69) is 20.3 Å². The number of methoxy groups -OCH3 is 1. The molecule has 0 saturated heterocycles. The fourth-order valence-corrected chi connectivity index (χ4v) is 1.99. The van der Waals surface area contributed by atoms with Gasteiger partial charge in [0.2, 0.25) is 0 Å². The molecule has 5 heteroatoms. The quantitative estimate of drug-likeness (QED) is 0.806. The number of rotatable bonds is 4. The van der Waals surface area contributed by atoms with Crippen LogP contribution < -0.4 is 5.32 Å². The normalized spacial score (nSPS) is 26.0. The number of hydrogen-bond donors (Lipinski definition) is 1. The molecule has 0 aliphatic heterocycles. The van der Waals surface area contributed by atoms with Crippen LogP contribution >= 0.6 is 0 Å². The van der Waals surface area contributed by atoms with E-state index in [4.69, 9.17) is 4.74 Å². The molecule has 2 unspecified atom stereocenters. The van der Waals surface area contributed by atoms with Crippen molar-refractivity contribution in [3.8, 4) is 0 Å². The Morgan fingerprint density at radius 1 is 1.47 bits per heavy atom. The Morgan fingerprint density at radius 2 is 2.33 bits per heavy atom. The Kier molecular flexibility index (Phi) is 3.33. The van der Waals surface area contributed by atoms with Gasteiger partial charge in [-0.25, -0.2) is 4.63 Å². The second kappa shape index (κ2) is 4.72. The molecule has 1 aliphatic carbocycles. The van der Waals surface area contributed by atoms with E-state index in [9.17, 15) is 0 Å². The highest BCUT2D eigenvalue weighted by Gasteiger charge is 2.24. The summed E-state index contributed by atoms with van der Waals surface area (Å²) < 4.78 is 9.95. The third-order valence-electron chi connectivity index (χ3n) is 3.02. The third kappa shape index (κ3) is 2.54. The van der Waals surface area contributed by atoms with Crippen LogP contribution in [-0.4, -0.2) is 29.6 Å². The minimum atomic E-state index is 0.416. The Labute approximate surface area is 89.1 Å². The smallest absolute Gasteiger partial charge is 0.121 e. The van der Waals surface area contributed by atoms with Gasteiger partial charge in [0.15, 0.2) is 0 Å². The maximum Gasteiger partial charge on any atom is 0.121 e. The Bertz CT molecular complexity index is 313. The van der Waals surface area contributed by atoms with Gasteiger partial charge in [-0.1, -0.05) is 10.3 Å².